The zero-order valence-electron chi connectivity index (χ0n) is 14.4. The predicted molar refractivity (Wildman–Crippen MR) is 90.8 cm³/mol. The lowest BCUT2D eigenvalue weighted by Crippen LogP contribution is -2.46. The Morgan fingerprint density at radius 2 is 2.12 bits per heavy atom. The summed E-state index contributed by atoms with van der Waals surface area (Å²) >= 11 is 0. The van der Waals surface area contributed by atoms with Gasteiger partial charge in [-0.15, -0.1) is 5.10 Å². The third-order valence-electron chi connectivity index (χ3n) is 5.72. The molecule has 3 saturated heterocycles. The zero-order chi connectivity index (χ0) is 16.6. The molecule has 1 spiro atoms. The van der Waals surface area contributed by atoms with Crippen LogP contribution >= 0.6 is 0 Å². The monoisotopic (exact) mass is 330 g/mol. The molecule has 0 saturated carbocycles. The summed E-state index contributed by atoms with van der Waals surface area (Å²) < 4.78 is 5.58. The quantitative estimate of drug-likeness (QED) is 0.827. The minimum absolute atomic E-state index is 0.192. The molecule has 6 heteroatoms. The lowest BCUT2D eigenvalue weighted by molar-refractivity contribution is -0.140. The molecule has 0 bridgehead atoms. The molecule has 1 amide bonds. The first-order chi connectivity index (χ1) is 11.7. The molecule has 0 aromatic carbocycles. The van der Waals surface area contributed by atoms with Crippen LogP contribution < -0.4 is 4.90 Å². The van der Waals surface area contributed by atoms with E-state index in [4.69, 9.17) is 4.74 Å². The highest BCUT2D eigenvalue weighted by molar-refractivity contribution is 5.81. The molecule has 1 aromatic rings. The van der Waals surface area contributed by atoms with E-state index >= 15 is 0 Å². The van der Waals surface area contributed by atoms with Gasteiger partial charge in [0.2, 0.25) is 0 Å². The van der Waals surface area contributed by atoms with Crippen molar-refractivity contribution in [3.63, 3.8) is 0 Å². The van der Waals surface area contributed by atoms with Gasteiger partial charge in [-0.1, -0.05) is 0 Å². The summed E-state index contributed by atoms with van der Waals surface area (Å²) in [5.41, 5.74) is 1.15. The number of carbonyl (C=O) groups is 1. The van der Waals surface area contributed by atoms with Crippen molar-refractivity contribution in [2.75, 3.05) is 37.7 Å². The molecular formula is C18H26N4O2. The molecule has 24 heavy (non-hydrogen) atoms. The highest BCUT2D eigenvalue weighted by Crippen LogP contribution is 2.40. The van der Waals surface area contributed by atoms with Gasteiger partial charge in [0.1, 0.15) is 6.10 Å². The van der Waals surface area contributed by atoms with Gasteiger partial charge < -0.3 is 14.5 Å². The second kappa shape index (κ2) is 6.31. The van der Waals surface area contributed by atoms with E-state index in [9.17, 15) is 4.79 Å². The summed E-state index contributed by atoms with van der Waals surface area (Å²) in [6.45, 7) is 6.42. The van der Waals surface area contributed by atoms with Crippen molar-refractivity contribution in [1.29, 1.82) is 0 Å². The summed E-state index contributed by atoms with van der Waals surface area (Å²) in [5.74, 6) is 1.17. The number of piperidine rings is 1. The van der Waals surface area contributed by atoms with Gasteiger partial charge in [0.15, 0.2) is 5.82 Å². The first kappa shape index (κ1) is 15.8. The summed E-state index contributed by atoms with van der Waals surface area (Å²) in [7, 11) is 0. The lowest BCUT2D eigenvalue weighted by atomic mass is 9.79. The van der Waals surface area contributed by atoms with Gasteiger partial charge in [0.25, 0.3) is 5.91 Å². The van der Waals surface area contributed by atoms with Crippen LogP contribution in [0.15, 0.2) is 12.1 Å². The predicted octanol–water partition coefficient (Wildman–Crippen LogP) is 1.78. The fourth-order valence-corrected chi connectivity index (χ4v) is 4.40. The first-order valence-electron chi connectivity index (χ1n) is 9.11. The van der Waals surface area contributed by atoms with Crippen LogP contribution in [0.1, 0.15) is 37.8 Å². The van der Waals surface area contributed by atoms with E-state index in [-0.39, 0.29) is 17.4 Å². The maximum Gasteiger partial charge on any atom is 0.251 e. The summed E-state index contributed by atoms with van der Waals surface area (Å²) in [6.07, 6.45) is 5.13. The van der Waals surface area contributed by atoms with Crippen molar-refractivity contribution < 1.29 is 9.53 Å². The highest BCUT2D eigenvalue weighted by atomic mass is 16.5. The molecular weight excluding hydrogens is 304 g/mol. The minimum atomic E-state index is -0.192. The number of ether oxygens (including phenoxy) is 1. The lowest BCUT2D eigenvalue weighted by Gasteiger charge is -2.40. The van der Waals surface area contributed by atoms with Gasteiger partial charge in [-0.25, -0.2) is 0 Å². The van der Waals surface area contributed by atoms with Crippen LogP contribution in [0, 0.1) is 12.3 Å². The van der Waals surface area contributed by atoms with E-state index in [0.29, 0.717) is 0 Å². The van der Waals surface area contributed by atoms with Crippen molar-refractivity contribution in [2.24, 2.45) is 5.41 Å². The zero-order valence-corrected chi connectivity index (χ0v) is 14.4. The largest absolute Gasteiger partial charge is 0.368 e. The minimum Gasteiger partial charge on any atom is -0.368 e. The molecule has 1 unspecified atom stereocenters. The van der Waals surface area contributed by atoms with Crippen LogP contribution in [-0.2, 0) is 9.53 Å². The van der Waals surface area contributed by atoms with Gasteiger partial charge in [-0.3, -0.25) is 4.79 Å². The number of nitrogens with zero attached hydrogens (tertiary/aromatic N) is 4. The average molecular weight is 330 g/mol. The number of carbonyl (C=O) groups excluding carboxylic acids is 1. The highest BCUT2D eigenvalue weighted by Gasteiger charge is 2.44. The Hall–Kier alpha value is -1.69. The van der Waals surface area contributed by atoms with E-state index in [1.165, 1.54) is 6.42 Å². The Kier molecular flexibility index (Phi) is 4.16. The van der Waals surface area contributed by atoms with Crippen molar-refractivity contribution >= 4 is 11.7 Å². The maximum atomic E-state index is 12.6. The van der Waals surface area contributed by atoms with Crippen molar-refractivity contribution in [1.82, 2.24) is 15.1 Å². The van der Waals surface area contributed by atoms with Gasteiger partial charge in [-0.2, -0.15) is 5.10 Å². The average Bonchev–Trinajstić information content (AvgIpc) is 3.26. The smallest absolute Gasteiger partial charge is 0.251 e. The Morgan fingerprint density at radius 3 is 2.88 bits per heavy atom. The number of hydrogen-bond donors (Lipinski definition) is 0. The fraction of sp³-hybridized carbons (Fsp3) is 0.722. The third kappa shape index (κ3) is 2.99. The van der Waals surface area contributed by atoms with Crippen LogP contribution in [0.3, 0.4) is 0 Å². The normalized spacial score (nSPS) is 30.3. The molecule has 0 radical (unpaired) electrons. The van der Waals surface area contributed by atoms with Gasteiger partial charge in [0, 0.05) is 38.2 Å². The summed E-state index contributed by atoms with van der Waals surface area (Å²) in [4.78, 5) is 17.0. The molecule has 4 heterocycles. The van der Waals surface area contributed by atoms with Crippen LogP contribution in [-0.4, -0.2) is 59.9 Å². The number of aromatic nitrogens is 2. The Labute approximate surface area is 143 Å². The maximum absolute atomic E-state index is 12.6. The molecule has 130 valence electrons. The van der Waals surface area contributed by atoms with E-state index in [0.717, 1.165) is 70.0 Å². The molecule has 2 atom stereocenters. The van der Waals surface area contributed by atoms with Crippen molar-refractivity contribution in [3.05, 3.63) is 17.8 Å². The van der Waals surface area contributed by atoms with Crippen LogP contribution in [0.5, 0.6) is 0 Å². The molecule has 3 aliphatic rings. The molecule has 0 N–H and O–H groups in total. The van der Waals surface area contributed by atoms with Gasteiger partial charge in [-0.05, 0) is 51.2 Å². The molecule has 4 rings (SSSR count). The number of anilines is 1. The van der Waals surface area contributed by atoms with E-state index in [1.54, 1.807) is 0 Å². The van der Waals surface area contributed by atoms with Crippen molar-refractivity contribution in [3.8, 4) is 0 Å². The van der Waals surface area contributed by atoms with E-state index < -0.39 is 0 Å². The van der Waals surface area contributed by atoms with Crippen LogP contribution in [0.25, 0.3) is 0 Å². The third-order valence-corrected chi connectivity index (χ3v) is 5.72. The fourth-order valence-electron chi connectivity index (χ4n) is 4.40. The number of amides is 1. The Morgan fingerprint density at radius 1 is 1.21 bits per heavy atom. The Bertz CT molecular complexity index is 600. The molecule has 1 aromatic heterocycles. The number of hydrogen-bond acceptors (Lipinski definition) is 5. The number of likely N-dealkylation sites (tertiary alicyclic amines) is 1. The first-order valence-corrected chi connectivity index (χ1v) is 9.11. The SMILES string of the molecule is Cc1ccc(N2CCCC3(CCN(C(=O)[C@H]4CCCO4)C3)C2)nn1. The molecule has 3 fully saturated rings. The summed E-state index contributed by atoms with van der Waals surface area (Å²) in [6, 6.07) is 4.08. The van der Waals surface area contributed by atoms with E-state index in [1.807, 2.05) is 17.9 Å². The summed E-state index contributed by atoms with van der Waals surface area (Å²) in [5, 5.41) is 8.54. The van der Waals surface area contributed by atoms with Crippen LogP contribution in [0.2, 0.25) is 0 Å². The van der Waals surface area contributed by atoms with Crippen molar-refractivity contribution in [2.45, 2.75) is 45.1 Å². The van der Waals surface area contributed by atoms with Gasteiger partial charge >= 0.3 is 0 Å². The van der Waals surface area contributed by atoms with Gasteiger partial charge in [0.05, 0.1) is 5.69 Å². The molecule has 6 nitrogen and oxygen atoms in total. The Balaban J connectivity index is 1.43. The number of aryl methyl sites for hydroxylation is 1. The molecule has 0 aliphatic carbocycles. The second-order valence-corrected chi connectivity index (χ2v) is 7.57. The second-order valence-electron chi connectivity index (χ2n) is 7.57. The van der Waals surface area contributed by atoms with Crippen LogP contribution in [0.4, 0.5) is 5.82 Å². The topological polar surface area (TPSA) is 58.6 Å². The standard InChI is InChI=1S/C18H26N4O2/c1-14-5-6-16(20-19-14)21-9-3-7-18(12-21)8-10-22(13-18)17(23)15-4-2-11-24-15/h5-6,15H,2-4,7-13H2,1H3/t15-,18?/m1/s1. The van der Waals surface area contributed by atoms with E-state index in [2.05, 4.69) is 21.2 Å². The molecule has 3 aliphatic heterocycles. The number of rotatable bonds is 2.